The molecule has 0 amide bonds. The maximum atomic E-state index is 9.76. The summed E-state index contributed by atoms with van der Waals surface area (Å²) in [6.45, 7) is -0.688. The number of nitrogens with zero attached hydrogens (tertiary/aromatic N) is 2. The van der Waals surface area contributed by atoms with Crippen molar-refractivity contribution in [2.75, 3.05) is 6.61 Å². The van der Waals surface area contributed by atoms with E-state index in [0.717, 1.165) is 0 Å². The molecule has 3 unspecified atom stereocenters. The number of carbonyl (C=O) groups excluding carboxylic acids is 1. The van der Waals surface area contributed by atoms with E-state index in [1.807, 2.05) is 12.1 Å². The van der Waals surface area contributed by atoms with Gasteiger partial charge in [-0.1, -0.05) is 0 Å². The van der Waals surface area contributed by atoms with Crippen molar-refractivity contribution in [1.29, 1.82) is 0 Å². The summed E-state index contributed by atoms with van der Waals surface area (Å²) < 4.78 is 4.58. The summed E-state index contributed by atoms with van der Waals surface area (Å²) in [5.41, 5.74) is 0. The number of furan rings is 1. The first-order valence-corrected chi connectivity index (χ1v) is 5.91. The molecule has 0 aliphatic carbocycles. The van der Waals surface area contributed by atoms with Crippen LogP contribution in [-0.2, 0) is 4.79 Å². The first kappa shape index (κ1) is 18.9. The number of hydrogen-bond donors (Lipinski definition) is 4. The fourth-order valence-corrected chi connectivity index (χ4v) is 0.896. The van der Waals surface area contributed by atoms with E-state index >= 15 is 0 Å². The summed E-state index contributed by atoms with van der Waals surface area (Å²) in [5, 5.41) is 34.1. The predicted molar refractivity (Wildman–Crippen MR) is 71.9 cm³/mol. The molecule has 2 rings (SSSR count). The van der Waals surface area contributed by atoms with Gasteiger partial charge in [0.2, 0.25) is 0 Å². The summed E-state index contributed by atoms with van der Waals surface area (Å²) in [5.74, 6) is 0. The van der Waals surface area contributed by atoms with Gasteiger partial charge in [0.25, 0.3) is 0 Å². The highest BCUT2D eigenvalue weighted by Gasteiger charge is 2.22. The van der Waals surface area contributed by atoms with E-state index in [-0.39, 0.29) is 6.29 Å². The molecule has 2 aromatic heterocycles. The van der Waals surface area contributed by atoms with Crippen molar-refractivity contribution in [3.63, 3.8) is 0 Å². The molecule has 2 aromatic rings. The van der Waals surface area contributed by atoms with Gasteiger partial charge in [-0.2, -0.15) is 0 Å². The Morgan fingerprint density at radius 2 is 1.62 bits per heavy atom. The maximum absolute atomic E-state index is 9.76. The zero-order valence-corrected chi connectivity index (χ0v) is 11.1. The monoisotopic (exact) mass is 298 g/mol. The first-order valence-electron chi connectivity index (χ1n) is 5.91. The molecule has 0 bridgehead atoms. The van der Waals surface area contributed by atoms with Crippen molar-refractivity contribution in [3.8, 4) is 0 Å². The highest BCUT2D eigenvalue weighted by molar-refractivity contribution is 5.56. The van der Waals surface area contributed by atoms with Crippen LogP contribution in [0.2, 0.25) is 0 Å². The van der Waals surface area contributed by atoms with Gasteiger partial charge in [0.15, 0.2) is 6.29 Å². The van der Waals surface area contributed by atoms with E-state index in [0.29, 0.717) is 0 Å². The molecule has 4 N–H and O–H groups in total. The minimum Gasteiger partial charge on any atom is -0.473 e. The summed E-state index contributed by atoms with van der Waals surface area (Å²) in [6, 6.07) is 5.44. The quantitative estimate of drug-likeness (QED) is 0.528. The third kappa shape index (κ3) is 10.3. The topological polar surface area (TPSA) is 137 Å². The van der Waals surface area contributed by atoms with Gasteiger partial charge in [0, 0.05) is 12.4 Å². The van der Waals surface area contributed by atoms with E-state index in [2.05, 4.69) is 14.4 Å². The van der Waals surface area contributed by atoms with Crippen LogP contribution in [0.15, 0.2) is 53.9 Å². The number of hydrogen-bond acceptors (Lipinski definition) is 8. The molecule has 116 valence electrons. The minimum atomic E-state index is -1.64. The number of aldehydes is 1. The van der Waals surface area contributed by atoms with Gasteiger partial charge in [-0.05, 0) is 18.2 Å². The smallest absolute Gasteiger partial charge is 0.151 e. The van der Waals surface area contributed by atoms with Crippen LogP contribution in [0.4, 0.5) is 0 Å². The number of aromatic nitrogens is 2. The summed E-state index contributed by atoms with van der Waals surface area (Å²) in [6.07, 6.45) is 3.49. The normalized spacial score (nSPS) is 13.5. The number of rotatable bonds is 4. The fraction of sp³-hybridized carbons (Fsp3) is 0.308. The second-order valence-corrected chi connectivity index (χ2v) is 3.56. The van der Waals surface area contributed by atoms with E-state index in [9.17, 15) is 4.79 Å². The van der Waals surface area contributed by atoms with Crippen LogP contribution < -0.4 is 0 Å². The average Bonchev–Trinajstić information content (AvgIpc) is 3.14. The molecule has 0 spiro atoms. The molecule has 0 saturated heterocycles. The van der Waals surface area contributed by atoms with Crippen molar-refractivity contribution in [2.45, 2.75) is 18.3 Å². The number of carbonyl (C=O) groups is 1. The van der Waals surface area contributed by atoms with E-state index < -0.39 is 24.9 Å². The molecule has 3 atom stereocenters. The van der Waals surface area contributed by atoms with Crippen molar-refractivity contribution in [1.82, 2.24) is 9.97 Å². The van der Waals surface area contributed by atoms with Gasteiger partial charge in [-0.25, -0.2) is 9.97 Å². The molecular weight excluding hydrogens is 280 g/mol. The van der Waals surface area contributed by atoms with Crippen LogP contribution in [-0.4, -0.2) is 61.6 Å². The van der Waals surface area contributed by atoms with Crippen LogP contribution in [0.5, 0.6) is 0 Å². The lowest BCUT2D eigenvalue weighted by Gasteiger charge is -2.16. The molecule has 0 aliphatic heterocycles. The standard InChI is InChI=1S/C5H10O5.C4H4N2.C4H4O/c6-1-3(8)5(10)4(9)2-7;1-2-5-4-6-3-1;1-2-4-5-3-1/h1,3-5,7-10H,2H2;1-4H;1-4H. The third-order valence-corrected chi connectivity index (χ3v) is 1.97. The average molecular weight is 298 g/mol. The third-order valence-electron chi connectivity index (χ3n) is 1.97. The highest BCUT2D eigenvalue weighted by atomic mass is 16.4. The van der Waals surface area contributed by atoms with Crippen LogP contribution in [0.3, 0.4) is 0 Å². The lowest BCUT2D eigenvalue weighted by Crippen LogP contribution is -2.40. The van der Waals surface area contributed by atoms with E-state index in [1.54, 1.807) is 31.0 Å². The molecule has 21 heavy (non-hydrogen) atoms. The van der Waals surface area contributed by atoms with Crippen LogP contribution in [0.1, 0.15) is 0 Å². The second kappa shape index (κ2) is 12.9. The van der Waals surface area contributed by atoms with Crippen LogP contribution in [0.25, 0.3) is 0 Å². The molecule has 8 heteroatoms. The molecule has 8 nitrogen and oxygen atoms in total. The Kier molecular flexibility index (Phi) is 11.6. The van der Waals surface area contributed by atoms with Crippen LogP contribution >= 0.6 is 0 Å². The first-order chi connectivity index (χ1) is 10.1. The fourth-order valence-electron chi connectivity index (χ4n) is 0.896. The van der Waals surface area contributed by atoms with Gasteiger partial charge in [-0.15, -0.1) is 0 Å². The number of aliphatic hydroxyl groups is 4. The molecule has 0 aliphatic rings. The Morgan fingerprint density at radius 1 is 1.05 bits per heavy atom. The van der Waals surface area contributed by atoms with Crippen molar-refractivity contribution < 1.29 is 29.6 Å². The van der Waals surface area contributed by atoms with Gasteiger partial charge >= 0.3 is 0 Å². The van der Waals surface area contributed by atoms with Gasteiger partial charge < -0.3 is 29.6 Å². The van der Waals surface area contributed by atoms with Gasteiger partial charge in [-0.3, -0.25) is 0 Å². The maximum Gasteiger partial charge on any atom is 0.151 e. The molecule has 2 heterocycles. The predicted octanol–water partition coefficient (Wildman–Crippen LogP) is -0.984. The highest BCUT2D eigenvalue weighted by Crippen LogP contribution is 1.96. The van der Waals surface area contributed by atoms with Crippen molar-refractivity contribution >= 4 is 6.29 Å². The van der Waals surface area contributed by atoms with E-state index in [4.69, 9.17) is 20.4 Å². The number of aliphatic hydroxyl groups excluding tert-OH is 4. The molecular formula is C13H18N2O6. The lowest BCUT2D eigenvalue weighted by molar-refractivity contribution is -0.127. The Bertz CT molecular complexity index is 382. The van der Waals surface area contributed by atoms with E-state index in [1.165, 1.54) is 6.33 Å². The zero-order chi connectivity index (χ0) is 15.9. The molecule has 0 radical (unpaired) electrons. The Hall–Kier alpha value is -2.13. The molecule has 0 saturated carbocycles. The van der Waals surface area contributed by atoms with Gasteiger partial charge in [0.1, 0.15) is 24.6 Å². The van der Waals surface area contributed by atoms with Crippen molar-refractivity contribution in [2.24, 2.45) is 0 Å². The SMILES string of the molecule is O=CC(O)C(O)C(O)CO.c1ccoc1.c1cncnc1. The molecule has 0 fully saturated rings. The Morgan fingerprint density at radius 3 is 1.86 bits per heavy atom. The summed E-state index contributed by atoms with van der Waals surface area (Å²) in [4.78, 5) is 17.1. The Labute approximate surface area is 121 Å². The lowest BCUT2D eigenvalue weighted by atomic mass is 10.1. The largest absolute Gasteiger partial charge is 0.473 e. The van der Waals surface area contributed by atoms with Crippen molar-refractivity contribution in [3.05, 3.63) is 49.4 Å². The summed E-state index contributed by atoms with van der Waals surface area (Å²) in [7, 11) is 0. The summed E-state index contributed by atoms with van der Waals surface area (Å²) >= 11 is 0. The Balaban J connectivity index is 0.000000306. The minimum absolute atomic E-state index is 0.0869. The second-order valence-electron chi connectivity index (χ2n) is 3.56. The van der Waals surface area contributed by atoms with Crippen LogP contribution in [0, 0.1) is 0 Å². The zero-order valence-electron chi connectivity index (χ0n) is 11.1. The van der Waals surface area contributed by atoms with Gasteiger partial charge in [0.05, 0.1) is 19.1 Å². The molecule has 0 aromatic carbocycles.